The Labute approximate surface area is 209 Å². The molecule has 0 radical (unpaired) electrons. The van der Waals surface area contributed by atoms with Gasteiger partial charge < -0.3 is 9.47 Å². The van der Waals surface area contributed by atoms with Crippen LogP contribution in [0.3, 0.4) is 0 Å². The molecule has 10 nitrogen and oxygen atoms in total. The number of aryl methyl sites for hydroxylation is 1. The first-order valence-electron chi connectivity index (χ1n) is 10.3. The highest BCUT2D eigenvalue weighted by Gasteiger charge is 2.26. The lowest BCUT2D eigenvalue weighted by Crippen LogP contribution is -2.14. The number of nitriles is 1. The average molecular weight is 513 g/mol. The Hall–Kier alpha value is -3.76. The summed E-state index contributed by atoms with van der Waals surface area (Å²) >= 11 is 2.53. The van der Waals surface area contributed by atoms with Crippen molar-refractivity contribution in [3.05, 3.63) is 53.1 Å². The van der Waals surface area contributed by atoms with Crippen LogP contribution in [-0.4, -0.2) is 49.2 Å². The normalized spacial score (nSPS) is 12.6. The number of benzene rings is 1. The van der Waals surface area contributed by atoms with E-state index in [4.69, 9.17) is 14.7 Å². The zero-order chi connectivity index (χ0) is 24.9. The Morgan fingerprint density at radius 1 is 1.17 bits per heavy atom. The van der Waals surface area contributed by atoms with Crippen molar-refractivity contribution >= 4 is 29.2 Å². The van der Waals surface area contributed by atoms with Crippen molar-refractivity contribution in [2.75, 3.05) is 18.9 Å². The second-order valence-electron chi connectivity index (χ2n) is 7.26. The van der Waals surface area contributed by atoms with Crippen molar-refractivity contribution in [1.82, 2.24) is 29.7 Å². The maximum Gasteiger partial charge on any atom is 0.239 e. The molecule has 0 amide bonds. The van der Waals surface area contributed by atoms with Gasteiger partial charge in [-0.3, -0.25) is 9.29 Å². The van der Waals surface area contributed by atoms with Gasteiger partial charge in [0.2, 0.25) is 5.95 Å². The summed E-state index contributed by atoms with van der Waals surface area (Å²) in [4.78, 5) is 12.5. The van der Waals surface area contributed by atoms with Gasteiger partial charge >= 0.3 is 0 Å². The standard InChI is InChI=1S/C22H21FN8O2S2/c1-12-11-34-21(27-12)20-28-29-22(31(20)18-15(32-3)6-5-7-16(18)33-4)30-35-13(2)17(23)19-25-9-14(8-24)10-26-19/h5-7,9-11,13,17H,1-4H3,(H,29,30). The number of aromatic nitrogens is 6. The van der Waals surface area contributed by atoms with Crippen LogP contribution in [0.2, 0.25) is 0 Å². The molecule has 2 atom stereocenters. The third-order valence-corrected chi connectivity index (χ3v) is 6.76. The van der Waals surface area contributed by atoms with Gasteiger partial charge in [0, 0.05) is 23.5 Å². The highest BCUT2D eigenvalue weighted by molar-refractivity contribution is 8.01. The molecule has 3 heterocycles. The molecule has 180 valence electrons. The van der Waals surface area contributed by atoms with E-state index in [1.165, 1.54) is 23.7 Å². The van der Waals surface area contributed by atoms with Gasteiger partial charge in [-0.15, -0.1) is 21.5 Å². The number of methoxy groups -OCH3 is 2. The lowest BCUT2D eigenvalue weighted by molar-refractivity contribution is 0.326. The van der Waals surface area contributed by atoms with Gasteiger partial charge in [-0.05, 0) is 37.9 Å². The Morgan fingerprint density at radius 3 is 2.43 bits per heavy atom. The predicted octanol–water partition coefficient (Wildman–Crippen LogP) is 4.54. The minimum atomic E-state index is -1.49. The lowest BCUT2D eigenvalue weighted by Gasteiger charge is -2.18. The van der Waals surface area contributed by atoms with E-state index in [0.717, 1.165) is 17.6 Å². The van der Waals surface area contributed by atoms with E-state index < -0.39 is 11.4 Å². The predicted molar refractivity (Wildman–Crippen MR) is 132 cm³/mol. The van der Waals surface area contributed by atoms with Gasteiger partial charge in [0.05, 0.1) is 25.0 Å². The van der Waals surface area contributed by atoms with Gasteiger partial charge in [0.1, 0.15) is 23.3 Å². The van der Waals surface area contributed by atoms with Crippen LogP contribution in [-0.2, 0) is 0 Å². The van der Waals surface area contributed by atoms with E-state index in [1.807, 2.05) is 24.4 Å². The average Bonchev–Trinajstić information content (AvgIpc) is 3.51. The zero-order valence-corrected chi connectivity index (χ0v) is 20.9. The minimum Gasteiger partial charge on any atom is -0.494 e. The number of nitrogens with one attached hydrogen (secondary N) is 1. The largest absolute Gasteiger partial charge is 0.494 e. The molecule has 3 aromatic heterocycles. The van der Waals surface area contributed by atoms with E-state index >= 15 is 4.39 Å². The fourth-order valence-electron chi connectivity index (χ4n) is 3.16. The van der Waals surface area contributed by atoms with Gasteiger partial charge in [-0.1, -0.05) is 6.07 Å². The number of para-hydroxylation sites is 1. The first-order chi connectivity index (χ1) is 17.0. The van der Waals surface area contributed by atoms with E-state index in [2.05, 4.69) is 29.9 Å². The third-order valence-electron chi connectivity index (χ3n) is 4.89. The summed E-state index contributed by atoms with van der Waals surface area (Å²) in [6.07, 6.45) is 1.11. The van der Waals surface area contributed by atoms with Crippen molar-refractivity contribution in [2.45, 2.75) is 25.3 Å². The number of hydrogen-bond donors (Lipinski definition) is 1. The second-order valence-corrected chi connectivity index (χ2v) is 9.30. The van der Waals surface area contributed by atoms with E-state index in [9.17, 15) is 0 Å². The van der Waals surface area contributed by atoms with Crippen LogP contribution in [0.4, 0.5) is 10.3 Å². The van der Waals surface area contributed by atoms with Crippen molar-refractivity contribution in [3.8, 4) is 34.1 Å². The number of nitrogens with zero attached hydrogens (tertiary/aromatic N) is 7. The van der Waals surface area contributed by atoms with Crippen molar-refractivity contribution in [2.24, 2.45) is 0 Å². The van der Waals surface area contributed by atoms with E-state index in [1.54, 1.807) is 37.8 Å². The number of thiazole rings is 1. The summed E-state index contributed by atoms with van der Waals surface area (Å²) in [7, 11) is 3.12. The maximum absolute atomic E-state index is 15.0. The van der Waals surface area contributed by atoms with Crippen LogP contribution in [0.15, 0.2) is 36.0 Å². The van der Waals surface area contributed by atoms with Gasteiger partial charge in [-0.25, -0.2) is 19.3 Å². The number of halogens is 1. The van der Waals surface area contributed by atoms with Gasteiger partial charge in [0.15, 0.2) is 22.8 Å². The molecule has 1 aromatic carbocycles. The molecule has 2 unspecified atom stereocenters. The molecule has 13 heteroatoms. The summed E-state index contributed by atoms with van der Waals surface area (Å²) in [5.74, 6) is 1.88. The summed E-state index contributed by atoms with van der Waals surface area (Å²) < 4.78 is 31.1. The number of hydrogen-bond acceptors (Lipinski definition) is 11. The van der Waals surface area contributed by atoms with Crippen LogP contribution in [0, 0.1) is 18.3 Å². The molecule has 35 heavy (non-hydrogen) atoms. The molecule has 0 aliphatic rings. The van der Waals surface area contributed by atoms with Crippen LogP contribution in [0.1, 0.15) is 30.2 Å². The minimum absolute atomic E-state index is 0.00221. The fourth-order valence-corrected chi connectivity index (χ4v) is 4.60. The van der Waals surface area contributed by atoms with Crippen molar-refractivity contribution in [3.63, 3.8) is 0 Å². The first kappa shape index (κ1) is 24.4. The Balaban J connectivity index is 1.68. The quantitative estimate of drug-likeness (QED) is 0.320. The molecule has 0 fully saturated rings. The van der Waals surface area contributed by atoms with E-state index in [-0.39, 0.29) is 11.4 Å². The van der Waals surface area contributed by atoms with Crippen LogP contribution >= 0.6 is 23.3 Å². The zero-order valence-electron chi connectivity index (χ0n) is 19.3. The number of rotatable bonds is 9. The number of anilines is 1. The van der Waals surface area contributed by atoms with Crippen molar-refractivity contribution < 1.29 is 13.9 Å². The monoisotopic (exact) mass is 512 g/mol. The summed E-state index contributed by atoms with van der Waals surface area (Å²) in [6, 6.07) is 7.33. The molecule has 0 spiro atoms. The second kappa shape index (κ2) is 10.7. The molecule has 1 N–H and O–H groups in total. The molecule has 4 aromatic rings. The van der Waals surface area contributed by atoms with Gasteiger partial charge in [0.25, 0.3) is 0 Å². The van der Waals surface area contributed by atoms with E-state index in [0.29, 0.717) is 34.0 Å². The first-order valence-corrected chi connectivity index (χ1v) is 12.1. The Morgan fingerprint density at radius 2 is 1.86 bits per heavy atom. The maximum atomic E-state index is 15.0. The molecule has 0 saturated carbocycles. The smallest absolute Gasteiger partial charge is 0.239 e. The number of ether oxygens (including phenoxy) is 2. The highest BCUT2D eigenvalue weighted by atomic mass is 32.2. The van der Waals surface area contributed by atoms with Crippen LogP contribution < -0.4 is 14.2 Å². The summed E-state index contributed by atoms with van der Waals surface area (Å²) in [5, 5.41) is 19.5. The topological polar surface area (TPSA) is 124 Å². The SMILES string of the molecule is COc1cccc(OC)c1-n1c(NSC(C)C(F)c2ncc(C#N)cn2)nnc1-c1nc(C)cs1. The molecule has 0 saturated heterocycles. The molecule has 4 rings (SSSR count). The summed E-state index contributed by atoms with van der Waals surface area (Å²) in [5.41, 5.74) is 1.70. The lowest BCUT2D eigenvalue weighted by atomic mass is 10.2. The molecule has 0 bridgehead atoms. The number of alkyl halides is 1. The third kappa shape index (κ3) is 5.03. The molecular formula is C22H21FN8O2S2. The fraction of sp³-hybridized carbons (Fsp3) is 0.273. The molecule has 0 aliphatic carbocycles. The summed E-state index contributed by atoms with van der Waals surface area (Å²) in [6.45, 7) is 3.59. The van der Waals surface area contributed by atoms with Crippen molar-refractivity contribution in [1.29, 1.82) is 5.26 Å². The Kier molecular flexibility index (Phi) is 7.42. The molecule has 0 aliphatic heterocycles. The van der Waals surface area contributed by atoms with Crippen LogP contribution in [0.5, 0.6) is 11.5 Å². The van der Waals surface area contributed by atoms with Gasteiger partial charge in [-0.2, -0.15) is 5.26 Å². The molecular weight excluding hydrogens is 491 g/mol. The van der Waals surface area contributed by atoms with Crippen LogP contribution in [0.25, 0.3) is 16.5 Å². The highest BCUT2D eigenvalue weighted by Crippen LogP contribution is 2.39. The Bertz CT molecular complexity index is 1330.